The molecule has 0 aliphatic carbocycles. The Morgan fingerprint density at radius 3 is 2.49 bits per heavy atom. The fourth-order valence-corrected chi connectivity index (χ4v) is 6.85. The van der Waals surface area contributed by atoms with Crippen molar-refractivity contribution in [2.75, 3.05) is 20.2 Å². The lowest BCUT2D eigenvalue weighted by molar-refractivity contribution is -0.167. The zero-order valence-corrected chi connectivity index (χ0v) is 21.6. The van der Waals surface area contributed by atoms with Crippen LogP contribution < -0.4 is 4.74 Å². The van der Waals surface area contributed by atoms with Gasteiger partial charge in [0.15, 0.2) is 0 Å². The number of nitrogens with zero attached hydrogens (tertiary/aromatic N) is 3. The molecule has 10 heteroatoms. The molecule has 35 heavy (non-hydrogen) atoms. The Morgan fingerprint density at radius 1 is 1.11 bits per heavy atom. The SMILES string of the molecule is COc1ccc(Cl)cc1S(=O)(=O)N1CCC(=O)N2C(CCc3ccccc3)C(=O)N(C(C)C)CC21. The number of rotatable bonds is 7. The van der Waals surface area contributed by atoms with Crippen LogP contribution in [0.4, 0.5) is 0 Å². The summed E-state index contributed by atoms with van der Waals surface area (Å²) in [7, 11) is -2.69. The maximum Gasteiger partial charge on any atom is 0.248 e. The molecule has 0 N–H and O–H groups in total. The molecule has 0 aromatic heterocycles. The second-order valence-corrected chi connectivity index (χ2v) is 11.4. The zero-order valence-electron chi connectivity index (χ0n) is 20.1. The van der Waals surface area contributed by atoms with Crippen molar-refractivity contribution in [1.82, 2.24) is 14.1 Å². The largest absolute Gasteiger partial charge is 0.495 e. The van der Waals surface area contributed by atoms with Crippen molar-refractivity contribution in [2.24, 2.45) is 0 Å². The minimum Gasteiger partial charge on any atom is -0.495 e. The van der Waals surface area contributed by atoms with Crippen LogP contribution in [0.5, 0.6) is 5.75 Å². The summed E-state index contributed by atoms with van der Waals surface area (Å²) in [5.41, 5.74) is 1.05. The molecule has 0 saturated carbocycles. The van der Waals surface area contributed by atoms with Crippen molar-refractivity contribution in [3.05, 3.63) is 59.1 Å². The molecule has 2 amide bonds. The third-order valence-corrected chi connectivity index (χ3v) is 8.79. The number of hydrogen-bond donors (Lipinski definition) is 0. The van der Waals surface area contributed by atoms with E-state index in [1.165, 1.54) is 28.4 Å². The number of sulfonamides is 1. The maximum absolute atomic E-state index is 13.9. The molecule has 2 aromatic carbocycles. The fourth-order valence-electron chi connectivity index (χ4n) is 4.86. The Labute approximate surface area is 211 Å². The Hall–Kier alpha value is -2.62. The number of piperazine rings is 1. The summed E-state index contributed by atoms with van der Waals surface area (Å²) in [6, 6.07) is 13.3. The van der Waals surface area contributed by atoms with Gasteiger partial charge >= 0.3 is 0 Å². The topological polar surface area (TPSA) is 87.2 Å². The molecule has 0 radical (unpaired) electrons. The van der Waals surface area contributed by atoms with Crippen molar-refractivity contribution >= 4 is 33.4 Å². The number of hydrogen-bond acceptors (Lipinski definition) is 5. The van der Waals surface area contributed by atoms with Crippen molar-refractivity contribution in [1.29, 1.82) is 0 Å². The summed E-state index contributed by atoms with van der Waals surface area (Å²) < 4.78 is 34.4. The molecule has 0 spiro atoms. The average molecular weight is 520 g/mol. The van der Waals surface area contributed by atoms with Crippen molar-refractivity contribution in [3.8, 4) is 5.75 Å². The molecule has 4 rings (SSSR count). The number of benzene rings is 2. The molecule has 2 aliphatic heterocycles. The standard InChI is InChI=1S/C25H30ClN3O5S/c1-17(2)27-16-23-28(35(32,33)22-15-19(26)10-12-21(22)34-3)14-13-24(30)29(23)20(25(27)31)11-9-18-7-5-4-6-8-18/h4-8,10,12,15,17,20,23H,9,11,13-14,16H2,1-3H3. The highest BCUT2D eigenvalue weighted by atomic mass is 35.5. The van der Waals surface area contributed by atoms with Crippen LogP contribution in [-0.2, 0) is 26.0 Å². The third-order valence-electron chi connectivity index (χ3n) is 6.64. The summed E-state index contributed by atoms with van der Waals surface area (Å²) in [4.78, 5) is 29.7. The van der Waals surface area contributed by atoms with Gasteiger partial charge in [-0.2, -0.15) is 4.31 Å². The van der Waals surface area contributed by atoms with E-state index in [9.17, 15) is 18.0 Å². The maximum atomic E-state index is 13.9. The van der Waals surface area contributed by atoms with E-state index >= 15 is 0 Å². The van der Waals surface area contributed by atoms with Crippen LogP contribution in [0, 0.1) is 0 Å². The molecule has 2 aliphatic rings. The van der Waals surface area contributed by atoms with Crippen molar-refractivity contribution in [2.45, 2.75) is 56.3 Å². The zero-order chi connectivity index (χ0) is 25.3. The molecule has 0 bridgehead atoms. The summed E-state index contributed by atoms with van der Waals surface area (Å²) in [5.74, 6) is -0.194. The minimum atomic E-state index is -4.09. The number of aryl methyl sites for hydroxylation is 1. The number of methoxy groups -OCH3 is 1. The highest BCUT2D eigenvalue weighted by Gasteiger charge is 2.51. The number of carbonyl (C=O) groups excluding carboxylic acids is 2. The molecule has 188 valence electrons. The van der Waals surface area contributed by atoms with E-state index in [4.69, 9.17) is 16.3 Å². The van der Waals surface area contributed by atoms with E-state index in [2.05, 4.69) is 0 Å². The van der Waals surface area contributed by atoms with Gasteiger partial charge in [0.2, 0.25) is 21.8 Å². The first kappa shape index (κ1) is 25.5. The van der Waals surface area contributed by atoms with Gasteiger partial charge in [0, 0.05) is 24.0 Å². The Morgan fingerprint density at radius 2 is 1.83 bits per heavy atom. The first-order chi connectivity index (χ1) is 16.6. The third kappa shape index (κ3) is 4.90. The fraction of sp³-hybridized carbons (Fsp3) is 0.440. The van der Waals surface area contributed by atoms with E-state index < -0.39 is 22.2 Å². The second-order valence-electron chi connectivity index (χ2n) is 9.07. The molecule has 2 saturated heterocycles. The second kappa shape index (κ2) is 10.2. The molecule has 2 heterocycles. The average Bonchev–Trinajstić information content (AvgIpc) is 2.83. The van der Waals surface area contributed by atoms with Gasteiger partial charge in [-0.05, 0) is 50.5 Å². The van der Waals surface area contributed by atoms with Gasteiger partial charge in [0.25, 0.3) is 0 Å². The number of fused-ring (bicyclic) bond motifs is 1. The lowest BCUT2D eigenvalue weighted by atomic mass is 9.97. The quantitative estimate of drug-likeness (QED) is 0.561. The van der Waals surface area contributed by atoms with Gasteiger partial charge in [-0.15, -0.1) is 0 Å². The van der Waals surface area contributed by atoms with Crippen LogP contribution >= 0.6 is 11.6 Å². The normalized spacial score (nSPS) is 21.4. The molecule has 2 atom stereocenters. The van der Waals surface area contributed by atoms with E-state index in [1.54, 1.807) is 11.0 Å². The van der Waals surface area contributed by atoms with Gasteiger partial charge in [0.1, 0.15) is 22.9 Å². The highest BCUT2D eigenvalue weighted by Crippen LogP contribution is 2.36. The summed E-state index contributed by atoms with van der Waals surface area (Å²) >= 11 is 6.13. The van der Waals surface area contributed by atoms with Crippen molar-refractivity contribution < 1.29 is 22.7 Å². The predicted octanol–water partition coefficient (Wildman–Crippen LogP) is 3.15. The van der Waals surface area contributed by atoms with E-state index in [1.807, 2.05) is 44.2 Å². The van der Waals surface area contributed by atoms with E-state index in [0.717, 1.165) is 5.56 Å². The van der Waals surface area contributed by atoms with Gasteiger partial charge < -0.3 is 14.5 Å². The van der Waals surface area contributed by atoms with Crippen LogP contribution in [0.1, 0.15) is 32.3 Å². The summed E-state index contributed by atoms with van der Waals surface area (Å²) in [5, 5.41) is 0.262. The monoisotopic (exact) mass is 519 g/mol. The minimum absolute atomic E-state index is 0.00456. The molecule has 8 nitrogen and oxygen atoms in total. The smallest absolute Gasteiger partial charge is 0.248 e. The molecule has 2 unspecified atom stereocenters. The first-order valence-corrected chi connectivity index (χ1v) is 13.5. The summed E-state index contributed by atoms with van der Waals surface area (Å²) in [6.45, 7) is 3.91. The van der Waals surface area contributed by atoms with E-state index in [0.29, 0.717) is 12.8 Å². The van der Waals surface area contributed by atoms with Gasteiger partial charge in [0.05, 0.1) is 13.7 Å². The first-order valence-electron chi connectivity index (χ1n) is 11.7. The highest BCUT2D eigenvalue weighted by molar-refractivity contribution is 7.89. The molecule has 2 fully saturated rings. The lowest BCUT2D eigenvalue weighted by Gasteiger charge is -2.52. The molecular formula is C25H30ClN3O5S. The molecule has 2 aromatic rings. The van der Waals surface area contributed by atoms with Crippen molar-refractivity contribution in [3.63, 3.8) is 0 Å². The Bertz CT molecular complexity index is 1200. The van der Waals surface area contributed by atoms with Gasteiger partial charge in [-0.25, -0.2) is 8.42 Å². The molecular weight excluding hydrogens is 490 g/mol. The van der Waals surface area contributed by atoms with Crippen LogP contribution in [0.2, 0.25) is 5.02 Å². The number of halogens is 1. The Kier molecular flexibility index (Phi) is 7.40. The lowest BCUT2D eigenvalue weighted by Crippen LogP contribution is -2.71. The van der Waals surface area contributed by atoms with Crippen LogP contribution in [0.15, 0.2) is 53.4 Å². The number of carbonyl (C=O) groups is 2. The number of ether oxygens (including phenoxy) is 1. The van der Waals surface area contributed by atoms with E-state index in [-0.39, 0.29) is 53.0 Å². The predicted molar refractivity (Wildman–Crippen MR) is 133 cm³/mol. The van der Waals surface area contributed by atoms with Gasteiger partial charge in [-0.3, -0.25) is 9.59 Å². The number of amides is 2. The van der Waals surface area contributed by atoms with Crippen LogP contribution in [-0.4, -0.2) is 72.8 Å². The summed E-state index contributed by atoms with van der Waals surface area (Å²) in [6.07, 6.45) is 0.179. The van der Waals surface area contributed by atoms with Crippen LogP contribution in [0.25, 0.3) is 0 Å². The van der Waals surface area contributed by atoms with Crippen LogP contribution in [0.3, 0.4) is 0 Å². The van der Waals surface area contributed by atoms with Gasteiger partial charge in [-0.1, -0.05) is 41.9 Å². The Balaban J connectivity index is 1.73.